The van der Waals surface area contributed by atoms with Crippen LogP contribution in [0.15, 0.2) is 224 Å². The van der Waals surface area contributed by atoms with Crippen molar-refractivity contribution in [2.24, 2.45) is 0 Å². The van der Waals surface area contributed by atoms with E-state index in [4.69, 9.17) is 0 Å². The van der Waals surface area contributed by atoms with Crippen molar-refractivity contribution in [1.82, 2.24) is 9.13 Å². The molecular weight excluding hydrogens is 771 g/mol. The number of aromatic nitrogens is 2. The Morgan fingerprint density at radius 1 is 0.323 bits per heavy atom. The van der Waals surface area contributed by atoms with Crippen molar-refractivity contribution >= 4 is 103 Å². The third kappa shape index (κ3) is 5.37. The van der Waals surface area contributed by atoms with Crippen molar-refractivity contribution in [3.8, 4) is 22.5 Å². The Hall–Kier alpha value is -7.92. The lowest BCUT2D eigenvalue weighted by Crippen LogP contribution is -2.10. The van der Waals surface area contributed by atoms with E-state index >= 15 is 0 Å². The van der Waals surface area contributed by atoms with Gasteiger partial charge in [-0.25, -0.2) is 0 Å². The molecule has 0 fully saturated rings. The van der Waals surface area contributed by atoms with Crippen LogP contribution in [0.3, 0.4) is 0 Å². The van der Waals surface area contributed by atoms with E-state index in [0.717, 1.165) is 22.7 Å². The minimum atomic E-state index is 1.11. The highest BCUT2D eigenvalue weighted by atomic mass is 32.1. The quantitative estimate of drug-likeness (QED) is 0.163. The number of rotatable bonds is 6. The first-order chi connectivity index (χ1) is 30.7. The van der Waals surface area contributed by atoms with Gasteiger partial charge in [0.1, 0.15) is 0 Å². The Labute approximate surface area is 362 Å². The number of thiophene rings is 1. The van der Waals surface area contributed by atoms with Gasteiger partial charge >= 0.3 is 0 Å². The summed E-state index contributed by atoms with van der Waals surface area (Å²) < 4.78 is 7.38. The van der Waals surface area contributed by atoms with Crippen LogP contribution >= 0.6 is 11.3 Å². The summed E-state index contributed by atoms with van der Waals surface area (Å²) in [5.74, 6) is 0. The molecule has 13 aromatic rings. The molecule has 0 aliphatic heterocycles. The molecule has 13 rings (SSSR count). The zero-order valence-electron chi connectivity index (χ0n) is 33.6. The SMILES string of the molecule is c1ccc(-n2c3ccccc3c3ccc(N(c4ccc(-c5ccc(-n6c7ccccc7c7cc8ccccc8cc76)cc5)cc4)c4cccc5c4sc4ccccc45)cc32)cc1. The van der Waals surface area contributed by atoms with Crippen LogP contribution in [0.4, 0.5) is 17.1 Å². The molecule has 0 aliphatic carbocycles. The van der Waals surface area contributed by atoms with Gasteiger partial charge in [0.2, 0.25) is 0 Å². The number of hydrogen-bond acceptors (Lipinski definition) is 2. The van der Waals surface area contributed by atoms with Crippen molar-refractivity contribution in [2.45, 2.75) is 0 Å². The molecule has 0 spiro atoms. The molecule has 3 nitrogen and oxygen atoms in total. The van der Waals surface area contributed by atoms with Crippen molar-refractivity contribution in [3.05, 3.63) is 224 Å². The Bertz CT molecular complexity index is 3850. The molecule has 0 unspecified atom stereocenters. The van der Waals surface area contributed by atoms with Gasteiger partial charge in [-0.3, -0.25) is 0 Å². The summed E-state index contributed by atoms with van der Waals surface area (Å²) in [5.41, 5.74) is 12.8. The van der Waals surface area contributed by atoms with E-state index < -0.39 is 0 Å². The Kier molecular flexibility index (Phi) is 7.78. The molecule has 0 radical (unpaired) electrons. The Balaban J connectivity index is 0.944. The van der Waals surface area contributed by atoms with Gasteiger partial charge in [-0.15, -0.1) is 11.3 Å². The van der Waals surface area contributed by atoms with E-state index in [-0.39, 0.29) is 0 Å². The largest absolute Gasteiger partial charge is 0.309 e. The molecule has 0 atom stereocenters. The van der Waals surface area contributed by atoms with Crippen LogP contribution in [-0.2, 0) is 0 Å². The first-order valence-electron chi connectivity index (χ1n) is 21.2. The summed E-state index contributed by atoms with van der Waals surface area (Å²) in [4.78, 5) is 2.45. The normalized spacial score (nSPS) is 11.9. The number of benzene rings is 10. The molecule has 0 amide bonds. The molecular formula is C58H37N3S. The number of nitrogens with zero attached hydrogens (tertiary/aromatic N) is 3. The number of hydrogen-bond donors (Lipinski definition) is 0. The van der Waals surface area contributed by atoms with Crippen molar-refractivity contribution < 1.29 is 0 Å². The average molecular weight is 808 g/mol. The van der Waals surface area contributed by atoms with E-state index in [1.165, 1.54) is 91.4 Å². The number of fused-ring (bicyclic) bond motifs is 10. The Morgan fingerprint density at radius 3 is 1.60 bits per heavy atom. The predicted octanol–water partition coefficient (Wildman–Crippen LogP) is 16.5. The van der Waals surface area contributed by atoms with E-state index in [1.54, 1.807) is 0 Å². The fraction of sp³-hybridized carbons (Fsp3) is 0. The third-order valence-corrected chi connectivity index (χ3v) is 13.9. The first-order valence-corrected chi connectivity index (χ1v) is 22.0. The van der Waals surface area contributed by atoms with E-state index in [9.17, 15) is 0 Å². The van der Waals surface area contributed by atoms with Gasteiger partial charge in [0.05, 0.1) is 32.5 Å². The highest BCUT2D eigenvalue weighted by Crippen LogP contribution is 2.46. The molecule has 0 bridgehead atoms. The van der Waals surface area contributed by atoms with Crippen LogP contribution in [0.25, 0.3) is 97.1 Å². The average Bonchev–Trinajstić information content (AvgIpc) is 3.99. The van der Waals surface area contributed by atoms with Crippen LogP contribution in [0, 0.1) is 0 Å². The zero-order valence-corrected chi connectivity index (χ0v) is 34.4. The minimum absolute atomic E-state index is 1.11. The maximum atomic E-state index is 2.45. The standard InChI is InChI=1S/C58H37N3S/c1-2-15-42(16-3-1)60-52-21-9-6-17-46(52)48-34-33-45(37-56(48)60)59(54-23-12-20-50-49-19-8-11-24-57(49)62-58(50)54)43-29-25-38(26-30-43)39-27-31-44(32-28-39)61-53-22-10-7-18-47(53)51-35-40-13-4-5-14-41(40)36-55(51)61/h1-37H. The number of anilines is 3. The first kappa shape index (κ1) is 34.9. The summed E-state index contributed by atoms with van der Waals surface area (Å²) in [7, 11) is 0. The van der Waals surface area contributed by atoms with Gasteiger partial charge in [0.25, 0.3) is 0 Å². The van der Waals surface area contributed by atoms with Gasteiger partial charge in [-0.2, -0.15) is 0 Å². The molecule has 0 N–H and O–H groups in total. The summed E-state index contributed by atoms with van der Waals surface area (Å²) in [6.07, 6.45) is 0. The third-order valence-electron chi connectivity index (χ3n) is 12.7. The van der Waals surface area contributed by atoms with Crippen LogP contribution < -0.4 is 4.90 Å². The topological polar surface area (TPSA) is 13.1 Å². The van der Waals surface area contributed by atoms with Gasteiger partial charge in [-0.05, 0) is 107 Å². The summed E-state index contributed by atoms with van der Waals surface area (Å²) in [6.45, 7) is 0. The molecule has 0 aliphatic rings. The van der Waals surface area contributed by atoms with Crippen LogP contribution in [0.5, 0.6) is 0 Å². The summed E-state index contributed by atoms with van der Waals surface area (Å²) in [5, 5.41) is 10.1. The molecule has 0 saturated carbocycles. The molecule has 290 valence electrons. The smallest absolute Gasteiger partial charge is 0.0640 e. The van der Waals surface area contributed by atoms with E-state index in [2.05, 4.69) is 238 Å². The Morgan fingerprint density at radius 2 is 0.855 bits per heavy atom. The predicted molar refractivity (Wildman–Crippen MR) is 266 cm³/mol. The lowest BCUT2D eigenvalue weighted by Gasteiger charge is -2.26. The maximum Gasteiger partial charge on any atom is 0.0640 e. The monoisotopic (exact) mass is 807 g/mol. The zero-order chi connectivity index (χ0) is 40.7. The van der Waals surface area contributed by atoms with Crippen LogP contribution in [-0.4, -0.2) is 9.13 Å². The van der Waals surface area contributed by atoms with Crippen molar-refractivity contribution in [2.75, 3.05) is 4.90 Å². The lowest BCUT2D eigenvalue weighted by atomic mass is 10.0. The maximum absolute atomic E-state index is 2.45. The molecule has 3 heterocycles. The molecule has 10 aromatic carbocycles. The molecule has 62 heavy (non-hydrogen) atoms. The highest BCUT2D eigenvalue weighted by molar-refractivity contribution is 7.26. The summed E-state index contributed by atoms with van der Waals surface area (Å²) >= 11 is 1.87. The highest BCUT2D eigenvalue weighted by Gasteiger charge is 2.21. The fourth-order valence-corrected chi connectivity index (χ4v) is 11.0. The molecule has 4 heteroatoms. The second-order valence-corrected chi connectivity index (χ2v) is 17.2. The second-order valence-electron chi connectivity index (χ2n) is 16.1. The second kappa shape index (κ2) is 13.8. The van der Waals surface area contributed by atoms with Gasteiger partial charge in [0.15, 0.2) is 0 Å². The van der Waals surface area contributed by atoms with Crippen LogP contribution in [0.1, 0.15) is 0 Å². The molecule has 0 saturated heterocycles. The fourth-order valence-electron chi connectivity index (χ4n) is 9.83. The van der Waals surface area contributed by atoms with Crippen molar-refractivity contribution in [3.63, 3.8) is 0 Å². The van der Waals surface area contributed by atoms with Crippen molar-refractivity contribution in [1.29, 1.82) is 0 Å². The summed E-state index contributed by atoms with van der Waals surface area (Å²) in [6, 6.07) is 82.2. The molecule has 3 aromatic heterocycles. The van der Waals surface area contributed by atoms with Gasteiger partial charge in [0, 0.05) is 59.8 Å². The van der Waals surface area contributed by atoms with Crippen LogP contribution in [0.2, 0.25) is 0 Å². The van der Waals surface area contributed by atoms with Gasteiger partial charge in [-0.1, -0.05) is 140 Å². The lowest BCUT2D eigenvalue weighted by molar-refractivity contribution is 1.18. The van der Waals surface area contributed by atoms with E-state index in [1.807, 2.05) is 11.3 Å². The number of para-hydroxylation sites is 3. The van der Waals surface area contributed by atoms with Gasteiger partial charge < -0.3 is 14.0 Å². The minimum Gasteiger partial charge on any atom is -0.309 e. The van der Waals surface area contributed by atoms with E-state index in [0.29, 0.717) is 0 Å².